The van der Waals surface area contributed by atoms with Crippen molar-refractivity contribution in [2.24, 2.45) is 0 Å². The minimum atomic E-state index is -0.657. The van der Waals surface area contributed by atoms with E-state index in [4.69, 9.17) is 29.4 Å². The molecule has 3 aromatic heterocycles. The number of aromatic nitrogens is 4. The SMILES string of the molecule is COc1ccc(-c2c3nc(c(-c4ccccc4)c4ccc([n-]4)c(-c4c(OC(C)C)c(=O)c4=O)c4nc(c(-c5ccccc5)c5ccc2[n-]5)C=C4)C=C3)cc1.[Zn+2]. The Kier molecular flexibility index (Phi) is 9.33. The Bertz CT molecular complexity index is 2860. The van der Waals surface area contributed by atoms with Crippen LogP contribution < -0.4 is 30.3 Å². The molecule has 0 unspecified atom stereocenters. The third kappa shape index (κ3) is 6.26. The quantitative estimate of drug-likeness (QED) is 0.117. The fraction of sp³-hybridized carbons (Fsp3) is 0.0870. The van der Waals surface area contributed by atoms with Crippen LogP contribution >= 0.6 is 0 Å². The van der Waals surface area contributed by atoms with Gasteiger partial charge in [-0.25, -0.2) is 9.97 Å². The molecule has 262 valence electrons. The standard InChI is InChI=1S/C46H34N4O4.Zn/c1-26(2)54-46-43(44(51)45(46)52)42-37-24-22-33(49-37)39(27-10-6-4-7-11-27)31-18-20-35(47-31)41(29-14-16-30(53-3)17-15-29)36-21-19-32(48-36)40(28-12-8-5-9-13-28)34-23-25-38(42)50-34;/h4-26H,1-3H3,(H2,47,48,49,50,51,52);/q;+2/p-2. The molecule has 0 atom stereocenters. The van der Waals surface area contributed by atoms with E-state index in [1.54, 1.807) is 7.11 Å². The van der Waals surface area contributed by atoms with E-state index >= 15 is 0 Å². The summed E-state index contributed by atoms with van der Waals surface area (Å²) in [5, 5.41) is 0. The first-order valence-electron chi connectivity index (χ1n) is 17.7. The summed E-state index contributed by atoms with van der Waals surface area (Å²) in [6.45, 7) is 3.65. The second kappa shape index (κ2) is 14.4. The average molecular weight is 770 g/mol. The number of methoxy groups -OCH3 is 1. The molecule has 8 bridgehead atoms. The predicted octanol–water partition coefficient (Wildman–Crippen LogP) is 8.97. The molecule has 0 saturated heterocycles. The molecule has 9 rings (SSSR count). The molecule has 0 spiro atoms. The van der Waals surface area contributed by atoms with Crippen LogP contribution in [0.15, 0.2) is 119 Å². The molecule has 0 aliphatic carbocycles. The normalized spacial score (nSPS) is 11.9. The topological polar surface area (TPSA) is 107 Å². The van der Waals surface area contributed by atoms with Crippen LogP contribution in [0.1, 0.15) is 36.6 Å². The number of hydrogen-bond acceptors (Lipinski definition) is 6. The molecule has 0 amide bonds. The summed E-state index contributed by atoms with van der Waals surface area (Å²) in [6, 6.07) is 35.6. The van der Waals surface area contributed by atoms with Gasteiger partial charge in [0.25, 0.3) is 5.43 Å². The van der Waals surface area contributed by atoms with Crippen LogP contribution in [0.25, 0.3) is 90.9 Å². The second-order valence-corrected chi connectivity index (χ2v) is 13.4. The smallest absolute Gasteiger partial charge is 0.657 e. The molecule has 0 radical (unpaired) electrons. The van der Waals surface area contributed by atoms with Gasteiger partial charge in [-0.05, 0) is 83.7 Å². The van der Waals surface area contributed by atoms with E-state index in [1.165, 1.54) is 0 Å². The van der Waals surface area contributed by atoms with Crippen LogP contribution in [0.2, 0.25) is 0 Å². The minimum Gasteiger partial charge on any atom is -0.657 e. The molecule has 4 aromatic carbocycles. The predicted molar refractivity (Wildman–Crippen MR) is 216 cm³/mol. The van der Waals surface area contributed by atoms with Crippen molar-refractivity contribution in [3.63, 3.8) is 0 Å². The van der Waals surface area contributed by atoms with Crippen molar-refractivity contribution in [1.29, 1.82) is 0 Å². The summed E-state index contributed by atoms with van der Waals surface area (Å²) < 4.78 is 11.4. The maximum absolute atomic E-state index is 13.5. The van der Waals surface area contributed by atoms with Crippen molar-refractivity contribution in [2.45, 2.75) is 20.0 Å². The van der Waals surface area contributed by atoms with Gasteiger partial charge in [0, 0.05) is 5.56 Å². The summed E-state index contributed by atoms with van der Waals surface area (Å²) >= 11 is 0. The van der Waals surface area contributed by atoms with E-state index < -0.39 is 10.9 Å². The summed E-state index contributed by atoms with van der Waals surface area (Å²) in [5.41, 5.74) is 9.78. The Hall–Kier alpha value is -6.44. The van der Waals surface area contributed by atoms with Crippen LogP contribution in [0.4, 0.5) is 0 Å². The van der Waals surface area contributed by atoms with Gasteiger partial charge < -0.3 is 19.4 Å². The molecule has 9 heteroatoms. The summed E-state index contributed by atoms with van der Waals surface area (Å²) in [5.74, 6) is 0.775. The maximum Gasteiger partial charge on any atom is 2.00 e. The molecule has 0 saturated carbocycles. The van der Waals surface area contributed by atoms with Gasteiger partial charge in [0.2, 0.25) is 5.43 Å². The van der Waals surface area contributed by atoms with Gasteiger partial charge in [-0.1, -0.05) is 97.1 Å². The zero-order valence-corrected chi connectivity index (χ0v) is 33.4. The molecule has 8 nitrogen and oxygen atoms in total. The van der Waals surface area contributed by atoms with Gasteiger partial charge in [-0.2, -0.15) is 0 Å². The Labute approximate surface area is 329 Å². The molecular formula is C46H32N4O4Zn. The Morgan fingerprint density at radius 1 is 0.491 bits per heavy atom. The number of ether oxygens (including phenoxy) is 2. The van der Waals surface area contributed by atoms with Crippen molar-refractivity contribution >= 4 is 46.4 Å². The number of fused-ring (bicyclic) bond motifs is 8. The third-order valence-corrected chi connectivity index (χ3v) is 9.58. The van der Waals surface area contributed by atoms with E-state index in [2.05, 4.69) is 0 Å². The van der Waals surface area contributed by atoms with Crippen LogP contribution in [-0.2, 0) is 19.5 Å². The van der Waals surface area contributed by atoms with Gasteiger partial charge in [-0.15, -0.1) is 22.1 Å². The van der Waals surface area contributed by atoms with E-state index in [-0.39, 0.29) is 36.9 Å². The summed E-state index contributed by atoms with van der Waals surface area (Å²) in [6.07, 6.45) is 7.47. The van der Waals surface area contributed by atoms with Crippen molar-refractivity contribution in [3.8, 4) is 56.0 Å². The van der Waals surface area contributed by atoms with Gasteiger partial charge in [0.1, 0.15) is 5.75 Å². The molecule has 7 aromatic rings. The maximum atomic E-state index is 13.5. The number of benzene rings is 3. The molecule has 0 fully saturated rings. The van der Waals surface area contributed by atoms with E-state index in [0.717, 1.165) is 61.6 Å². The van der Waals surface area contributed by atoms with E-state index in [0.29, 0.717) is 28.0 Å². The molecule has 2 aliphatic rings. The number of hydrogen-bond donors (Lipinski definition) is 0. The fourth-order valence-electron chi connectivity index (χ4n) is 7.14. The van der Waals surface area contributed by atoms with Crippen molar-refractivity contribution < 1.29 is 29.0 Å². The van der Waals surface area contributed by atoms with Crippen molar-refractivity contribution in [1.82, 2.24) is 19.9 Å². The van der Waals surface area contributed by atoms with Crippen LogP contribution in [0.5, 0.6) is 11.5 Å². The molecule has 5 heterocycles. The van der Waals surface area contributed by atoms with Crippen LogP contribution in [-0.4, -0.2) is 23.2 Å². The number of rotatable bonds is 7. The minimum absolute atomic E-state index is 0. The molecule has 0 N–H and O–H groups in total. The Morgan fingerprint density at radius 3 is 1.31 bits per heavy atom. The third-order valence-electron chi connectivity index (χ3n) is 9.58. The van der Waals surface area contributed by atoms with Gasteiger partial charge in [0.05, 0.1) is 41.6 Å². The largest absolute Gasteiger partial charge is 2.00 e. The van der Waals surface area contributed by atoms with Gasteiger partial charge in [0.15, 0.2) is 5.75 Å². The molecular weight excluding hydrogens is 738 g/mol. The van der Waals surface area contributed by atoms with Gasteiger partial charge in [-0.3, -0.25) is 9.59 Å². The van der Waals surface area contributed by atoms with E-state index in [1.807, 2.05) is 147 Å². The van der Waals surface area contributed by atoms with E-state index in [9.17, 15) is 9.59 Å². The summed E-state index contributed by atoms with van der Waals surface area (Å²) in [7, 11) is 1.65. The zero-order valence-electron chi connectivity index (χ0n) is 30.4. The van der Waals surface area contributed by atoms with Crippen molar-refractivity contribution in [2.75, 3.05) is 7.11 Å². The Balaban J connectivity index is 0.00000427. The monoisotopic (exact) mass is 768 g/mol. The summed E-state index contributed by atoms with van der Waals surface area (Å²) in [4.78, 5) is 47.3. The first-order valence-corrected chi connectivity index (χ1v) is 17.7. The number of nitrogens with zero attached hydrogens (tertiary/aromatic N) is 4. The van der Waals surface area contributed by atoms with Crippen molar-refractivity contribution in [3.05, 3.63) is 152 Å². The first kappa shape index (κ1) is 35.6. The second-order valence-electron chi connectivity index (χ2n) is 13.4. The zero-order chi connectivity index (χ0) is 36.9. The first-order chi connectivity index (χ1) is 26.4. The molecule has 2 aliphatic heterocycles. The fourth-order valence-corrected chi connectivity index (χ4v) is 7.14. The molecule has 55 heavy (non-hydrogen) atoms. The average Bonchev–Trinajstić information content (AvgIpc) is 4.04. The Morgan fingerprint density at radius 2 is 0.891 bits per heavy atom. The van der Waals surface area contributed by atoms with Gasteiger partial charge >= 0.3 is 19.5 Å². The van der Waals surface area contributed by atoms with Crippen LogP contribution in [0.3, 0.4) is 0 Å². The van der Waals surface area contributed by atoms with Crippen LogP contribution in [0, 0.1) is 0 Å².